The molecule has 0 aliphatic rings. The Morgan fingerprint density at radius 2 is 1.84 bits per heavy atom. The molecule has 0 saturated heterocycles. The van der Waals surface area contributed by atoms with Crippen molar-refractivity contribution in [2.24, 2.45) is 0 Å². The van der Waals surface area contributed by atoms with E-state index in [1.54, 1.807) is 17.8 Å². The van der Waals surface area contributed by atoms with E-state index in [4.69, 9.17) is 4.74 Å². The van der Waals surface area contributed by atoms with Crippen LogP contribution in [0, 0.1) is 13.8 Å². The Kier molecular flexibility index (Phi) is 7.54. The molecule has 2 rings (SSSR count). The van der Waals surface area contributed by atoms with Gasteiger partial charge in [-0.05, 0) is 49.8 Å². The first kappa shape index (κ1) is 19.1. The summed E-state index contributed by atoms with van der Waals surface area (Å²) >= 11 is 1.75. The number of benzene rings is 2. The van der Waals surface area contributed by atoms with Crippen molar-refractivity contribution < 1.29 is 14.3 Å². The monoisotopic (exact) mass is 357 g/mol. The second-order valence-electron chi connectivity index (χ2n) is 5.76. The average Bonchev–Trinajstić information content (AvgIpc) is 2.60. The van der Waals surface area contributed by atoms with Gasteiger partial charge >= 0.3 is 5.97 Å². The lowest BCUT2D eigenvalue weighted by atomic mass is 10.1. The number of thioether (sulfide) groups is 1. The topological polar surface area (TPSA) is 55.4 Å². The summed E-state index contributed by atoms with van der Waals surface area (Å²) in [5, 5.41) is 2.77. The Morgan fingerprint density at radius 1 is 1.08 bits per heavy atom. The van der Waals surface area contributed by atoms with Crippen LogP contribution in [0.3, 0.4) is 0 Å². The van der Waals surface area contributed by atoms with Crippen molar-refractivity contribution in [2.45, 2.75) is 25.2 Å². The first-order valence-electron chi connectivity index (χ1n) is 8.25. The van der Waals surface area contributed by atoms with Crippen LogP contribution in [0.4, 0.5) is 0 Å². The minimum Gasteiger partial charge on any atom is -0.452 e. The second kappa shape index (κ2) is 9.89. The van der Waals surface area contributed by atoms with Gasteiger partial charge in [0.2, 0.25) is 0 Å². The van der Waals surface area contributed by atoms with Crippen molar-refractivity contribution in [1.29, 1.82) is 0 Å². The average molecular weight is 357 g/mol. The van der Waals surface area contributed by atoms with Gasteiger partial charge in [0.1, 0.15) is 0 Å². The van der Waals surface area contributed by atoms with Crippen molar-refractivity contribution in [3.05, 3.63) is 65.2 Å². The van der Waals surface area contributed by atoms with Gasteiger partial charge in [0.25, 0.3) is 5.91 Å². The van der Waals surface area contributed by atoms with E-state index < -0.39 is 5.97 Å². The summed E-state index contributed by atoms with van der Waals surface area (Å²) in [6.45, 7) is 4.14. The van der Waals surface area contributed by atoms with E-state index in [-0.39, 0.29) is 12.5 Å². The maximum absolute atomic E-state index is 12.0. The third-order valence-corrected chi connectivity index (χ3v) is 4.69. The smallest absolute Gasteiger partial charge is 0.338 e. The van der Waals surface area contributed by atoms with Crippen molar-refractivity contribution in [2.75, 3.05) is 18.9 Å². The highest BCUT2D eigenvalue weighted by Gasteiger charge is 2.12. The molecule has 0 saturated carbocycles. The molecule has 0 spiro atoms. The third kappa shape index (κ3) is 6.63. The van der Waals surface area contributed by atoms with E-state index in [0.717, 1.165) is 23.3 Å². The number of ether oxygens (including phenoxy) is 1. The fourth-order valence-electron chi connectivity index (χ4n) is 2.31. The molecule has 0 aromatic heterocycles. The highest BCUT2D eigenvalue weighted by molar-refractivity contribution is 7.99. The summed E-state index contributed by atoms with van der Waals surface area (Å²) in [5.41, 5.74) is 2.43. The van der Waals surface area contributed by atoms with Gasteiger partial charge in [0.15, 0.2) is 6.61 Å². The number of rotatable bonds is 8. The van der Waals surface area contributed by atoms with Gasteiger partial charge < -0.3 is 10.1 Å². The first-order chi connectivity index (χ1) is 12.1. The van der Waals surface area contributed by atoms with Gasteiger partial charge in [-0.15, -0.1) is 11.8 Å². The molecule has 2 aromatic carbocycles. The van der Waals surface area contributed by atoms with Gasteiger partial charge in [-0.2, -0.15) is 0 Å². The number of nitrogens with one attached hydrogen (secondary N) is 1. The standard InChI is InChI=1S/C20H23NO3S/c1-15-9-10-18(16(2)13-15)20(23)24-14-19(22)21-11-6-12-25-17-7-4-3-5-8-17/h3-5,7-10,13H,6,11-12,14H2,1-2H3,(H,21,22). The van der Waals surface area contributed by atoms with Gasteiger partial charge in [-0.1, -0.05) is 35.9 Å². The van der Waals surface area contributed by atoms with Crippen LogP contribution in [0.15, 0.2) is 53.4 Å². The van der Waals surface area contributed by atoms with Gasteiger partial charge in [-0.3, -0.25) is 4.79 Å². The number of esters is 1. The molecule has 25 heavy (non-hydrogen) atoms. The second-order valence-corrected chi connectivity index (χ2v) is 6.93. The predicted molar refractivity (Wildman–Crippen MR) is 101 cm³/mol. The highest BCUT2D eigenvalue weighted by Crippen LogP contribution is 2.17. The Hall–Kier alpha value is -2.27. The third-order valence-electron chi connectivity index (χ3n) is 3.59. The maximum atomic E-state index is 12.0. The van der Waals surface area contributed by atoms with Gasteiger partial charge in [0.05, 0.1) is 5.56 Å². The van der Waals surface area contributed by atoms with Crippen LogP contribution in [0.25, 0.3) is 0 Å². The number of carbonyl (C=O) groups excluding carboxylic acids is 2. The number of hydrogen-bond donors (Lipinski definition) is 1. The fourth-order valence-corrected chi connectivity index (χ4v) is 3.18. The Labute approximate surface area is 153 Å². The Bertz CT molecular complexity index is 716. The minimum atomic E-state index is -0.465. The molecule has 132 valence electrons. The van der Waals surface area contributed by atoms with E-state index in [0.29, 0.717) is 12.1 Å². The number of amides is 1. The molecular formula is C20H23NO3S. The van der Waals surface area contributed by atoms with Crippen LogP contribution in [-0.4, -0.2) is 30.8 Å². The summed E-state index contributed by atoms with van der Waals surface area (Å²) in [7, 11) is 0. The lowest BCUT2D eigenvalue weighted by Gasteiger charge is -2.08. The SMILES string of the molecule is Cc1ccc(C(=O)OCC(=O)NCCCSc2ccccc2)c(C)c1. The zero-order valence-corrected chi connectivity index (χ0v) is 15.4. The molecule has 0 unspecified atom stereocenters. The summed E-state index contributed by atoms with van der Waals surface area (Å²) in [4.78, 5) is 25.0. The van der Waals surface area contributed by atoms with E-state index >= 15 is 0 Å². The van der Waals surface area contributed by atoms with Gasteiger partial charge in [-0.25, -0.2) is 4.79 Å². The lowest BCUT2D eigenvalue weighted by molar-refractivity contribution is -0.124. The van der Waals surface area contributed by atoms with Crippen molar-refractivity contribution in [1.82, 2.24) is 5.32 Å². The highest BCUT2D eigenvalue weighted by atomic mass is 32.2. The summed E-state index contributed by atoms with van der Waals surface area (Å²) in [5.74, 6) is 0.183. The van der Waals surface area contributed by atoms with Crippen LogP contribution >= 0.6 is 11.8 Å². The van der Waals surface area contributed by atoms with Crippen molar-refractivity contribution in [3.63, 3.8) is 0 Å². The molecule has 0 heterocycles. The fraction of sp³-hybridized carbons (Fsp3) is 0.300. The predicted octanol–water partition coefficient (Wildman–Crippen LogP) is 3.76. The molecule has 0 atom stereocenters. The normalized spacial score (nSPS) is 10.3. The largest absolute Gasteiger partial charge is 0.452 e. The summed E-state index contributed by atoms with van der Waals surface area (Å²) in [6.07, 6.45) is 0.857. The van der Waals surface area contributed by atoms with E-state index in [1.165, 1.54) is 4.90 Å². The minimum absolute atomic E-state index is 0.252. The number of aryl methyl sites for hydroxylation is 2. The molecule has 0 aliphatic heterocycles. The van der Waals surface area contributed by atoms with Crippen LogP contribution in [0.1, 0.15) is 27.9 Å². The molecular weight excluding hydrogens is 334 g/mol. The number of carbonyl (C=O) groups is 2. The molecule has 2 aromatic rings. The molecule has 0 aliphatic carbocycles. The summed E-state index contributed by atoms with van der Waals surface area (Å²) < 4.78 is 5.08. The molecule has 1 amide bonds. The Morgan fingerprint density at radius 3 is 2.56 bits per heavy atom. The molecule has 5 heteroatoms. The van der Waals surface area contributed by atoms with Crippen LogP contribution in [0.2, 0.25) is 0 Å². The molecule has 4 nitrogen and oxygen atoms in total. The maximum Gasteiger partial charge on any atom is 0.338 e. The van der Waals surface area contributed by atoms with Crippen LogP contribution in [-0.2, 0) is 9.53 Å². The zero-order chi connectivity index (χ0) is 18.1. The van der Waals surface area contributed by atoms with E-state index in [2.05, 4.69) is 17.4 Å². The quantitative estimate of drug-likeness (QED) is 0.444. The summed E-state index contributed by atoms with van der Waals surface area (Å²) in [6, 6.07) is 15.6. The Balaban J connectivity index is 1.62. The zero-order valence-electron chi connectivity index (χ0n) is 14.6. The van der Waals surface area contributed by atoms with E-state index in [9.17, 15) is 9.59 Å². The van der Waals surface area contributed by atoms with Crippen molar-refractivity contribution in [3.8, 4) is 0 Å². The van der Waals surface area contributed by atoms with Gasteiger partial charge in [0, 0.05) is 11.4 Å². The molecule has 0 fully saturated rings. The van der Waals surface area contributed by atoms with Crippen molar-refractivity contribution >= 4 is 23.6 Å². The number of hydrogen-bond acceptors (Lipinski definition) is 4. The molecule has 1 N–H and O–H groups in total. The molecule has 0 bridgehead atoms. The van der Waals surface area contributed by atoms with E-state index in [1.807, 2.05) is 44.2 Å². The molecule has 0 radical (unpaired) electrons. The lowest BCUT2D eigenvalue weighted by Crippen LogP contribution is -2.30. The van der Waals surface area contributed by atoms with Crippen LogP contribution < -0.4 is 5.32 Å². The first-order valence-corrected chi connectivity index (χ1v) is 9.24. The van der Waals surface area contributed by atoms with Crippen LogP contribution in [0.5, 0.6) is 0 Å².